The minimum absolute atomic E-state index is 0.0705. The quantitative estimate of drug-likeness (QED) is 0.0333. The molecule has 1 aliphatic rings. The number of ketones is 2. The van der Waals surface area contributed by atoms with Crippen molar-refractivity contribution in [2.24, 2.45) is 0 Å². The zero-order valence-corrected chi connectivity index (χ0v) is 46.6. The molecule has 1 saturated heterocycles. The van der Waals surface area contributed by atoms with E-state index in [1.54, 1.807) is 132 Å². The van der Waals surface area contributed by atoms with E-state index in [-0.39, 0.29) is 24.4 Å². The van der Waals surface area contributed by atoms with Gasteiger partial charge in [-0.25, -0.2) is 19.6 Å². The van der Waals surface area contributed by atoms with E-state index >= 15 is 0 Å². The van der Waals surface area contributed by atoms with Crippen LogP contribution in [0.3, 0.4) is 0 Å². The Hall–Kier alpha value is -8.83. The van der Waals surface area contributed by atoms with Crippen molar-refractivity contribution in [3.05, 3.63) is 237 Å². The molecule has 2 atom stereocenters. The van der Waals surface area contributed by atoms with E-state index in [9.17, 15) is 19.2 Å². The number of benzene rings is 6. The number of nitrogens with zero attached hydrogens (tertiary/aromatic N) is 4. The lowest BCUT2D eigenvalue weighted by Gasteiger charge is -2.26. The molecule has 1 aliphatic heterocycles. The molecule has 16 heteroatoms. The van der Waals surface area contributed by atoms with Gasteiger partial charge in [-0.2, -0.15) is 0 Å². The molecule has 4 heterocycles. The first-order chi connectivity index (χ1) is 39.6. The van der Waals surface area contributed by atoms with Crippen molar-refractivity contribution in [2.75, 3.05) is 55.1 Å². The molecule has 6 aromatic carbocycles. The third-order valence-corrected chi connectivity index (χ3v) is 15.9. The van der Waals surface area contributed by atoms with Gasteiger partial charge in [0.25, 0.3) is 0 Å². The van der Waals surface area contributed by atoms with Crippen LogP contribution in [0.4, 0.5) is 16.5 Å². The number of morpholine rings is 1. The average Bonchev–Trinajstić information content (AvgIpc) is 4.09. The topological polar surface area (TPSA) is 171 Å². The number of nitrogens with one attached hydrogen (secondary N) is 2. The number of hydrogen-bond donors (Lipinski definition) is 2. The van der Waals surface area contributed by atoms with Crippen LogP contribution >= 0.6 is 22.7 Å². The Morgan fingerprint density at radius 1 is 0.556 bits per heavy atom. The number of para-hydroxylation sites is 2. The number of rotatable bonds is 24. The lowest BCUT2D eigenvalue weighted by atomic mass is 9.99. The predicted octanol–water partition coefficient (Wildman–Crippen LogP) is 11.6. The van der Waals surface area contributed by atoms with Gasteiger partial charge in [0.15, 0.2) is 16.7 Å². The molecule has 0 amide bonds. The van der Waals surface area contributed by atoms with Crippen LogP contribution in [0.15, 0.2) is 182 Å². The van der Waals surface area contributed by atoms with Gasteiger partial charge in [0.2, 0.25) is 0 Å². The van der Waals surface area contributed by atoms with Gasteiger partial charge in [-0.3, -0.25) is 14.6 Å². The first-order valence-corrected chi connectivity index (χ1v) is 28.5. The van der Waals surface area contributed by atoms with E-state index in [2.05, 4.69) is 34.4 Å². The van der Waals surface area contributed by atoms with Crippen molar-refractivity contribution in [1.29, 1.82) is 0 Å². The summed E-state index contributed by atoms with van der Waals surface area (Å²) in [5, 5.41) is 8.52. The fourth-order valence-corrected chi connectivity index (χ4v) is 11.3. The second-order valence-electron chi connectivity index (χ2n) is 19.4. The van der Waals surface area contributed by atoms with Crippen molar-refractivity contribution in [2.45, 2.75) is 51.6 Å². The molecule has 0 bridgehead atoms. The summed E-state index contributed by atoms with van der Waals surface area (Å²) in [6, 6.07) is 48.0. The molecule has 410 valence electrons. The number of ether oxygens (including phenoxy) is 4. The molecule has 0 radical (unpaired) electrons. The molecule has 0 saturated carbocycles. The largest absolute Gasteiger partial charge is 0.493 e. The van der Waals surface area contributed by atoms with Crippen LogP contribution < -0.4 is 25.0 Å². The number of esters is 2. The summed E-state index contributed by atoms with van der Waals surface area (Å²) >= 11 is 3.32. The Bertz CT molecular complexity index is 3570. The van der Waals surface area contributed by atoms with E-state index in [0.717, 1.165) is 61.1 Å². The second-order valence-corrected chi connectivity index (χ2v) is 21.7. The van der Waals surface area contributed by atoms with Gasteiger partial charge >= 0.3 is 11.9 Å². The molecule has 14 nitrogen and oxygen atoms in total. The van der Waals surface area contributed by atoms with Gasteiger partial charge in [-0.05, 0) is 85.6 Å². The molecule has 0 spiro atoms. The number of carbonyl (C=O) groups is 4. The lowest BCUT2D eigenvalue weighted by Crippen LogP contribution is -2.40. The maximum atomic E-state index is 14.8. The Labute approximate surface area is 478 Å². The summed E-state index contributed by atoms with van der Waals surface area (Å²) in [7, 11) is 0. The maximum absolute atomic E-state index is 14.8. The fraction of sp³-hybridized carbons (Fsp3) is 0.215. The SMILES string of the molecule is Cc1sc(-c2ccncc2)nc1CCOc1ccc(C[C@H](Nc2ccccc2C(=O)c2ccccc2)C(=O)OC(=O)[C@H](Cc2ccc(OCCc3nc(N4CCOCC4)sc3C)cc2)Nc2ccccc2C(=O)c2ccccc2)cc1. The standard InChI is InChI=1S/C65H60N6O8S2/c1-43-54(69-62(80-43)49-29-33-66-34-30-49)31-37-77-50-25-21-45(22-26-50)41-58(67-56-19-11-9-17-52(56)60(72)47-13-5-3-6-14-47)63(74)79-64(75)59(68-57-20-12-10-18-53(57)61(73)48-15-7-4-8-16-48)42-46-23-27-51(28-24-46)78-38-32-55-44(2)81-65(70-55)71-35-39-76-40-36-71/h3-30,33-34,58-59,67-68H,31-32,35-42H2,1-2H3/t58-,59-/m0/s1. The monoisotopic (exact) mass is 1120 g/mol. The normalized spacial score (nSPS) is 12.9. The van der Waals surface area contributed by atoms with E-state index in [0.29, 0.717) is 84.4 Å². The van der Waals surface area contributed by atoms with Crippen LogP contribution in [0.25, 0.3) is 10.6 Å². The Morgan fingerprint density at radius 2 is 1.01 bits per heavy atom. The zero-order valence-electron chi connectivity index (χ0n) is 44.9. The van der Waals surface area contributed by atoms with Crippen LogP contribution in [0.5, 0.6) is 11.5 Å². The van der Waals surface area contributed by atoms with Crippen LogP contribution in [0, 0.1) is 13.8 Å². The first-order valence-electron chi connectivity index (χ1n) is 26.9. The molecule has 10 rings (SSSR count). The molecule has 1 fully saturated rings. The predicted molar refractivity (Wildman–Crippen MR) is 317 cm³/mol. The number of aryl methyl sites for hydroxylation is 2. The molecule has 0 unspecified atom stereocenters. The van der Waals surface area contributed by atoms with E-state index < -0.39 is 24.0 Å². The van der Waals surface area contributed by atoms with Gasteiger partial charge in [0.1, 0.15) is 28.6 Å². The number of hydrogen-bond acceptors (Lipinski definition) is 16. The number of pyridine rings is 1. The van der Waals surface area contributed by atoms with Gasteiger partial charge in [-0.15, -0.1) is 22.7 Å². The highest BCUT2D eigenvalue weighted by molar-refractivity contribution is 7.15. The summed E-state index contributed by atoms with van der Waals surface area (Å²) in [5.41, 5.74) is 6.85. The number of carbonyl (C=O) groups excluding carboxylic acids is 4. The molecular weight excluding hydrogens is 1060 g/mol. The molecule has 3 aromatic heterocycles. The van der Waals surface area contributed by atoms with Crippen LogP contribution in [-0.2, 0) is 44.7 Å². The zero-order chi connectivity index (χ0) is 55.9. The maximum Gasteiger partial charge on any atom is 0.336 e. The van der Waals surface area contributed by atoms with Crippen molar-refractivity contribution in [3.63, 3.8) is 0 Å². The highest BCUT2D eigenvalue weighted by Crippen LogP contribution is 2.30. The highest BCUT2D eigenvalue weighted by atomic mass is 32.1. The van der Waals surface area contributed by atoms with Crippen LogP contribution in [-0.4, -0.2) is 90.1 Å². The van der Waals surface area contributed by atoms with Crippen LogP contribution in [0.1, 0.15) is 64.1 Å². The third kappa shape index (κ3) is 14.5. The molecule has 0 aliphatic carbocycles. The molecular formula is C65H60N6O8S2. The van der Waals surface area contributed by atoms with Crippen molar-refractivity contribution in [1.82, 2.24) is 15.0 Å². The van der Waals surface area contributed by atoms with E-state index in [1.807, 2.05) is 72.8 Å². The minimum Gasteiger partial charge on any atom is -0.493 e. The van der Waals surface area contributed by atoms with Crippen LogP contribution in [0.2, 0.25) is 0 Å². The summed E-state index contributed by atoms with van der Waals surface area (Å²) < 4.78 is 23.8. The van der Waals surface area contributed by atoms with Gasteiger partial charge in [0.05, 0.1) is 37.8 Å². The van der Waals surface area contributed by atoms with Crippen molar-refractivity contribution >= 4 is 62.7 Å². The minimum atomic E-state index is -1.16. The summed E-state index contributed by atoms with van der Waals surface area (Å²) in [6.45, 7) is 7.97. The van der Waals surface area contributed by atoms with Gasteiger partial charge in [-0.1, -0.05) is 109 Å². The summed E-state index contributed by atoms with van der Waals surface area (Å²) in [6.07, 6.45) is 4.90. The fourth-order valence-electron chi connectivity index (χ4n) is 9.37. The number of aromatic nitrogens is 3. The number of anilines is 3. The van der Waals surface area contributed by atoms with E-state index in [4.69, 9.17) is 28.9 Å². The Morgan fingerprint density at radius 3 is 1.52 bits per heavy atom. The first kappa shape index (κ1) is 55.5. The van der Waals surface area contributed by atoms with Crippen molar-refractivity contribution in [3.8, 4) is 22.1 Å². The van der Waals surface area contributed by atoms with Crippen molar-refractivity contribution < 1.29 is 38.1 Å². The van der Waals surface area contributed by atoms with Gasteiger partial charge < -0.3 is 34.5 Å². The Kier molecular flexibility index (Phi) is 18.4. The Balaban J connectivity index is 0.870. The van der Waals surface area contributed by atoms with Gasteiger partial charge in [0, 0.05) is 100 Å². The lowest BCUT2D eigenvalue weighted by molar-refractivity contribution is -0.160. The average molecular weight is 1120 g/mol. The van der Waals surface area contributed by atoms with E-state index in [1.165, 1.54) is 0 Å². The second kappa shape index (κ2) is 26.9. The molecule has 2 N–H and O–H groups in total. The smallest absolute Gasteiger partial charge is 0.336 e. The number of thiazole rings is 2. The summed E-state index contributed by atoms with van der Waals surface area (Å²) in [5.74, 6) is -0.966. The third-order valence-electron chi connectivity index (χ3n) is 13.8. The summed E-state index contributed by atoms with van der Waals surface area (Å²) in [4.78, 5) is 75.9. The molecule has 9 aromatic rings. The molecule has 81 heavy (non-hydrogen) atoms. The highest BCUT2D eigenvalue weighted by Gasteiger charge is 2.31.